The van der Waals surface area contributed by atoms with Crippen LogP contribution in [0.2, 0.25) is 0 Å². The average molecular weight is 386 g/mol. The SMILES string of the molecule is O=C(NCN(F)F)c1cnc2c(c1)CN(Cc1ccc(C(F)(F)F)cc1)C2. The lowest BCUT2D eigenvalue weighted by atomic mass is 10.1. The number of alkyl halides is 3. The van der Waals surface area contributed by atoms with Crippen molar-refractivity contribution in [1.82, 2.24) is 20.5 Å². The van der Waals surface area contributed by atoms with E-state index in [1.54, 1.807) is 6.07 Å². The van der Waals surface area contributed by atoms with Gasteiger partial charge >= 0.3 is 6.18 Å². The number of amides is 1. The van der Waals surface area contributed by atoms with Crippen LogP contribution in [-0.2, 0) is 25.8 Å². The third kappa shape index (κ3) is 4.77. The Bertz CT molecular complexity index is 823. The molecule has 144 valence electrons. The number of nitrogens with one attached hydrogen (secondary N) is 1. The number of carbonyl (C=O) groups excluding carboxylic acids is 1. The summed E-state index contributed by atoms with van der Waals surface area (Å²) < 4.78 is 61.9. The van der Waals surface area contributed by atoms with Gasteiger partial charge in [-0.1, -0.05) is 21.1 Å². The van der Waals surface area contributed by atoms with E-state index in [0.717, 1.165) is 29.0 Å². The minimum Gasteiger partial charge on any atom is -0.334 e. The van der Waals surface area contributed by atoms with E-state index in [2.05, 4.69) is 4.98 Å². The molecule has 0 saturated carbocycles. The van der Waals surface area contributed by atoms with Crippen LogP contribution in [0, 0.1) is 0 Å². The van der Waals surface area contributed by atoms with E-state index >= 15 is 0 Å². The van der Waals surface area contributed by atoms with Crippen LogP contribution >= 0.6 is 0 Å². The first-order valence-corrected chi connectivity index (χ1v) is 7.96. The first kappa shape index (κ1) is 19.2. The lowest BCUT2D eigenvalue weighted by molar-refractivity contribution is -0.155. The van der Waals surface area contributed by atoms with Crippen LogP contribution in [0.25, 0.3) is 0 Å². The highest BCUT2D eigenvalue weighted by Crippen LogP contribution is 2.30. The fourth-order valence-electron chi connectivity index (χ4n) is 2.85. The molecule has 2 aromatic rings. The van der Waals surface area contributed by atoms with Crippen LogP contribution in [0.4, 0.5) is 22.1 Å². The van der Waals surface area contributed by atoms with Crippen molar-refractivity contribution in [1.29, 1.82) is 0 Å². The molecule has 1 N–H and O–H groups in total. The van der Waals surface area contributed by atoms with E-state index in [0.29, 0.717) is 19.6 Å². The molecule has 5 nitrogen and oxygen atoms in total. The van der Waals surface area contributed by atoms with E-state index in [4.69, 9.17) is 0 Å². The van der Waals surface area contributed by atoms with Crippen molar-refractivity contribution < 1.29 is 26.9 Å². The molecule has 1 amide bonds. The van der Waals surface area contributed by atoms with Gasteiger partial charge in [-0.2, -0.15) is 13.2 Å². The number of halogens is 5. The predicted molar refractivity (Wildman–Crippen MR) is 85.0 cm³/mol. The molecule has 10 heteroatoms. The second kappa shape index (κ2) is 7.57. The minimum atomic E-state index is -4.37. The fourth-order valence-corrected chi connectivity index (χ4v) is 2.85. The van der Waals surface area contributed by atoms with Crippen LogP contribution in [0.1, 0.15) is 32.7 Å². The lowest BCUT2D eigenvalue weighted by Gasteiger charge is -2.15. The maximum Gasteiger partial charge on any atom is 0.416 e. The van der Waals surface area contributed by atoms with Crippen LogP contribution in [0.3, 0.4) is 0 Å². The van der Waals surface area contributed by atoms with Gasteiger partial charge in [0.15, 0.2) is 0 Å². The Kier molecular flexibility index (Phi) is 5.38. The first-order chi connectivity index (χ1) is 12.7. The fraction of sp³-hybridized carbons (Fsp3) is 0.294. The molecule has 2 heterocycles. The van der Waals surface area contributed by atoms with Gasteiger partial charge in [-0.3, -0.25) is 14.7 Å². The number of nitrogens with zero attached hydrogens (tertiary/aromatic N) is 3. The van der Waals surface area contributed by atoms with Crippen molar-refractivity contribution in [3.8, 4) is 0 Å². The summed E-state index contributed by atoms with van der Waals surface area (Å²) in [5, 5.41) is 0.901. The maximum atomic E-state index is 12.6. The first-order valence-electron chi connectivity index (χ1n) is 7.96. The van der Waals surface area contributed by atoms with Crippen LogP contribution in [0.5, 0.6) is 0 Å². The molecule has 1 aromatic heterocycles. The van der Waals surface area contributed by atoms with Gasteiger partial charge in [0, 0.05) is 31.2 Å². The molecule has 0 spiro atoms. The van der Waals surface area contributed by atoms with E-state index in [9.17, 15) is 26.9 Å². The Morgan fingerprint density at radius 1 is 1.19 bits per heavy atom. The third-order valence-electron chi connectivity index (χ3n) is 4.14. The predicted octanol–water partition coefficient (Wildman–Crippen LogP) is 3.37. The largest absolute Gasteiger partial charge is 0.416 e. The van der Waals surface area contributed by atoms with Crippen LogP contribution < -0.4 is 5.32 Å². The van der Waals surface area contributed by atoms with E-state index in [1.807, 2.05) is 10.2 Å². The molecule has 0 radical (unpaired) electrons. The van der Waals surface area contributed by atoms with Crippen molar-refractivity contribution >= 4 is 5.91 Å². The monoisotopic (exact) mass is 386 g/mol. The van der Waals surface area contributed by atoms with Gasteiger partial charge in [0.2, 0.25) is 0 Å². The topological polar surface area (TPSA) is 48.5 Å². The van der Waals surface area contributed by atoms with Crippen molar-refractivity contribution in [2.45, 2.75) is 25.8 Å². The number of aromatic nitrogens is 1. The Hall–Kier alpha value is -2.59. The van der Waals surface area contributed by atoms with Gasteiger partial charge in [-0.05, 0) is 29.3 Å². The quantitative estimate of drug-likeness (QED) is 0.486. The lowest BCUT2D eigenvalue weighted by Crippen LogP contribution is -2.29. The Morgan fingerprint density at radius 2 is 1.89 bits per heavy atom. The summed E-state index contributed by atoms with van der Waals surface area (Å²) in [6, 6.07) is 6.53. The highest BCUT2D eigenvalue weighted by molar-refractivity contribution is 5.94. The van der Waals surface area contributed by atoms with E-state index < -0.39 is 29.7 Å². The van der Waals surface area contributed by atoms with Gasteiger partial charge < -0.3 is 5.32 Å². The van der Waals surface area contributed by atoms with E-state index in [-0.39, 0.29) is 5.56 Å². The molecule has 0 atom stereocenters. The summed E-state index contributed by atoms with van der Waals surface area (Å²) in [6.07, 6.45) is -3.05. The summed E-state index contributed by atoms with van der Waals surface area (Å²) in [4.78, 5) is 18.0. The highest BCUT2D eigenvalue weighted by Gasteiger charge is 2.30. The molecular weight excluding hydrogens is 371 g/mol. The number of hydrogen-bond acceptors (Lipinski definition) is 4. The average Bonchev–Trinajstić information content (AvgIpc) is 3.00. The van der Waals surface area contributed by atoms with Crippen molar-refractivity contribution in [2.75, 3.05) is 6.67 Å². The zero-order valence-corrected chi connectivity index (χ0v) is 13.9. The zero-order chi connectivity index (χ0) is 19.6. The number of hydrogen-bond donors (Lipinski definition) is 1. The molecule has 0 fully saturated rings. The zero-order valence-electron chi connectivity index (χ0n) is 13.9. The van der Waals surface area contributed by atoms with Crippen molar-refractivity contribution in [2.24, 2.45) is 0 Å². The summed E-state index contributed by atoms with van der Waals surface area (Å²) in [5.74, 6) is -0.660. The number of pyridine rings is 1. The van der Waals surface area contributed by atoms with Gasteiger partial charge in [0.1, 0.15) is 6.67 Å². The molecule has 0 saturated heterocycles. The maximum absolute atomic E-state index is 12.6. The van der Waals surface area contributed by atoms with Crippen LogP contribution in [0.15, 0.2) is 36.5 Å². The normalized spacial score (nSPS) is 14.4. The van der Waals surface area contributed by atoms with Gasteiger partial charge in [-0.25, -0.2) is 0 Å². The molecular formula is C17H15F5N4O. The Morgan fingerprint density at radius 3 is 2.52 bits per heavy atom. The van der Waals surface area contributed by atoms with Gasteiger partial charge in [0.05, 0.1) is 16.8 Å². The van der Waals surface area contributed by atoms with E-state index in [1.165, 1.54) is 18.3 Å². The summed E-state index contributed by atoms with van der Waals surface area (Å²) in [7, 11) is 0. The highest BCUT2D eigenvalue weighted by atomic mass is 19.4. The minimum absolute atomic E-state index is 0.173. The van der Waals surface area contributed by atoms with Gasteiger partial charge in [0.25, 0.3) is 5.91 Å². The van der Waals surface area contributed by atoms with Crippen molar-refractivity contribution in [3.63, 3.8) is 0 Å². The molecule has 1 aliphatic heterocycles. The Balaban J connectivity index is 1.63. The number of carbonyl (C=O) groups is 1. The summed E-state index contributed by atoms with van der Waals surface area (Å²) in [6.45, 7) is 0.481. The standard InChI is InChI=1S/C17H15F5N4O/c18-17(19,20)14-3-1-11(2-4-14)7-25-8-13-5-12(6-23-15(13)9-25)16(27)24-10-26(21)22/h1-6H,7-10H2,(H,24,27). The second-order valence-corrected chi connectivity index (χ2v) is 6.14. The smallest absolute Gasteiger partial charge is 0.334 e. The third-order valence-corrected chi connectivity index (χ3v) is 4.14. The molecule has 1 aliphatic rings. The van der Waals surface area contributed by atoms with Crippen molar-refractivity contribution in [3.05, 3.63) is 64.5 Å². The molecule has 0 unspecified atom stereocenters. The Labute approximate surface area is 151 Å². The number of fused-ring (bicyclic) bond motifs is 1. The van der Waals surface area contributed by atoms with Gasteiger partial charge in [-0.15, -0.1) is 0 Å². The molecule has 0 aliphatic carbocycles. The molecule has 1 aromatic carbocycles. The number of benzene rings is 1. The molecule has 27 heavy (non-hydrogen) atoms. The van der Waals surface area contributed by atoms with Crippen LogP contribution in [-0.4, -0.2) is 27.8 Å². The molecule has 0 bridgehead atoms. The molecule has 3 rings (SSSR count). The second-order valence-electron chi connectivity index (χ2n) is 6.14. The summed E-state index contributed by atoms with van der Waals surface area (Å²) in [5.41, 5.74) is 1.73. The summed E-state index contributed by atoms with van der Waals surface area (Å²) >= 11 is 0. The number of rotatable bonds is 5.